The fourth-order valence-corrected chi connectivity index (χ4v) is 2.14. The van der Waals surface area contributed by atoms with Crippen molar-refractivity contribution >= 4 is 15.9 Å². The summed E-state index contributed by atoms with van der Waals surface area (Å²) in [6, 6.07) is 5.03. The summed E-state index contributed by atoms with van der Waals surface area (Å²) in [7, 11) is 0. The van der Waals surface area contributed by atoms with Gasteiger partial charge in [-0.05, 0) is 40.3 Å². The standard InChI is InChI=1S/C14H20BrFO/c1-14(2,3)9-5-8-12(17)10-6-4-7-11(15)13(10)16/h4,6-7,12,17H,5,8-9H2,1-3H3. The van der Waals surface area contributed by atoms with E-state index in [1.807, 2.05) is 0 Å². The molecule has 17 heavy (non-hydrogen) atoms. The first-order valence-electron chi connectivity index (χ1n) is 5.93. The van der Waals surface area contributed by atoms with Crippen LogP contribution in [0.3, 0.4) is 0 Å². The third-order valence-electron chi connectivity index (χ3n) is 2.74. The third kappa shape index (κ3) is 4.76. The zero-order chi connectivity index (χ0) is 13.1. The average molecular weight is 303 g/mol. The summed E-state index contributed by atoms with van der Waals surface area (Å²) in [6.45, 7) is 6.50. The SMILES string of the molecule is CC(C)(C)CCCC(O)c1cccc(Br)c1F. The summed E-state index contributed by atoms with van der Waals surface area (Å²) in [5.74, 6) is -0.351. The summed E-state index contributed by atoms with van der Waals surface area (Å²) < 4.78 is 14.1. The van der Waals surface area contributed by atoms with Gasteiger partial charge < -0.3 is 5.11 Å². The Morgan fingerprint density at radius 2 is 2.00 bits per heavy atom. The summed E-state index contributed by atoms with van der Waals surface area (Å²) in [6.07, 6.45) is 1.82. The maximum Gasteiger partial charge on any atom is 0.143 e. The van der Waals surface area contributed by atoms with Gasteiger partial charge in [-0.25, -0.2) is 4.39 Å². The van der Waals surface area contributed by atoms with E-state index < -0.39 is 6.10 Å². The van der Waals surface area contributed by atoms with Crippen molar-refractivity contribution in [2.24, 2.45) is 5.41 Å². The summed E-state index contributed by atoms with van der Waals surface area (Å²) in [5.41, 5.74) is 0.642. The van der Waals surface area contributed by atoms with Crippen LogP contribution in [0.25, 0.3) is 0 Å². The Hall–Kier alpha value is -0.410. The predicted molar refractivity (Wildman–Crippen MR) is 72.4 cm³/mol. The zero-order valence-corrected chi connectivity index (χ0v) is 12.2. The molecule has 0 aliphatic rings. The number of aliphatic hydroxyl groups is 1. The van der Waals surface area contributed by atoms with Crippen molar-refractivity contribution in [3.8, 4) is 0 Å². The molecule has 0 aromatic heterocycles. The molecule has 1 atom stereocenters. The molecule has 1 nitrogen and oxygen atoms in total. The van der Waals surface area contributed by atoms with Gasteiger partial charge in [0, 0.05) is 5.56 Å². The molecule has 1 rings (SSSR count). The third-order valence-corrected chi connectivity index (χ3v) is 3.36. The van der Waals surface area contributed by atoms with Crippen molar-refractivity contribution in [2.45, 2.75) is 46.1 Å². The minimum atomic E-state index is -0.713. The highest BCUT2D eigenvalue weighted by Gasteiger charge is 2.16. The molecule has 0 bridgehead atoms. The number of rotatable bonds is 4. The molecule has 1 unspecified atom stereocenters. The maximum atomic E-state index is 13.7. The lowest BCUT2D eigenvalue weighted by molar-refractivity contribution is 0.153. The Bertz CT molecular complexity index is 371. The van der Waals surface area contributed by atoms with Crippen LogP contribution >= 0.6 is 15.9 Å². The smallest absolute Gasteiger partial charge is 0.143 e. The van der Waals surface area contributed by atoms with Crippen LogP contribution < -0.4 is 0 Å². The summed E-state index contributed by atoms with van der Waals surface area (Å²) in [5, 5.41) is 9.96. The number of aliphatic hydroxyl groups excluding tert-OH is 1. The number of benzene rings is 1. The largest absolute Gasteiger partial charge is 0.388 e. The van der Waals surface area contributed by atoms with Gasteiger partial charge >= 0.3 is 0 Å². The highest BCUT2D eigenvalue weighted by Crippen LogP contribution is 2.29. The predicted octanol–water partition coefficient (Wildman–Crippen LogP) is 4.84. The van der Waals surface area contributed by atoms with Crippen LogP contribution in [-0.2, 0) is 0 Å². The fraction of sp³-hybridized carbons (Fsp3) is 0.571. The van der Waals surface area contributed by atoms with Gasteiger partial charge in [0.1, 0.15) is 5.82 Å². The molecule has 0 amide bonds. The van der Waals surface area contributed by atoms with Gasteiger partial charge in [-0.1, -0.05) is 39.3 Å². The minimum Gasteiger partial charge on any atom is -0.388 e. The van der Waals surface area contributed by atoms with E-state index in [-0.39, 0.29) is 11.2 Å². The first kappa shape index (κ1) is 14.7. The highest BCUT2D eigenvalue weighted by molar-refractivity contribution is 9.10. The normalized spacial score (nSPS) is 13.8. The average Bonchev–Trinajstić information content (AvgIpc) is 2.20. The Morgan fingerprint density at radius 3 is 2.59 bits per heavy atom. The number of hydrogen-bond acceptors (Lipinski definition) is 1. The van der Waals surface area contributed by atoms with Crippen molar-refractivity contribution in [2.75, 3.05) is 0 Å². The zero-order valence-electron chi connectivity index (χ0n) is 10.6. The topological polar surface area (TPSA) is 20.2 Å². The van der Waals surface area contributed by atoms with E-state index in [2.05, 4.69) is 36.7 Å². The minimum absolute atomic E-state index is 0.259. The second kappa shape index (κ2) is 5.96. The molecule has 0 spiro atoms. The van der Waals surface area contributed by atoms with Gasteiger partial charge in [0.2, 0.25) is 0 Å². The molecule has 0 radical (unpaired) electrons. The van der Waals surface area contributed by atoms with E-state index in [1.54, 1.807) is 18.2 Å². The van der Waals surface area contributed by atoms with Crippen LogP contribution in [0.1, 0.15) is 51.7 Å². The summed E-state index contributed by atoms with van der Waals surface area (Å²) >= 11 is 3.13. The molecule has 0 aliphatic carbocycles. The van der Waals surface area contributed by atoms with Crippen LogP contribution in [0.4, 0.5) is 4.39 Å². The molecular weight excluding hydrogens is 283 g/mol. The van der Waals surface area contributed by atoms with Crippen molar-refractivity contribution in [1.29, 1.82) is 0 Å². The van der Waals surface area contributed by atoms with Gasteiger partial charge in [0.15, 0.2) is 0 Å². The number of hydrogen-bond donors (Lipinski definition) is 1. The van der Waals surface area contributed by atoms with Gasteiger partial charge in [-0.3, -0.25) is 0 Å². The van der Waals surface area contributed by atoms with Crippen LogP contribution in [0.5, 0.6) is 0 Å². The van der Waals surface area contributed by atoms with Crippen LogP contribution in [0.15, 0.2) is 22.7 Å². The van der Waals surface area contributed by atoms with E-state index >= 15 is 0 Å². The van der Waals surface area contributed by atoms with Crippen molar-refractivity contribution in [1.82, 2.24) is 0 Å². The molecule has 0 saturated carbocycles. The van der Waals surface area contributed by atoms with Crippen LogP contribution in [-0.4, -0.2) is 5.11 Å². The molecule has 0 fully saturated rings. The molecule has 3 heteroatoms. The summed E-state index contributed by atoms with van der Waals surface area (Å²) in [4.78, 5) is 0. The second-order valence-electron chi connectivity index (χ2n) is 5.61. The van der Waals surface area contributed by atoms with Gasteiger partial charge in [-0.15, -0.1) is 0 Å². The van der Waals surface area contributed by atoms with Crippen molar-refractivity contribution in [3.05, 3.63) is 34.1 Å². The highest BCUT2D eigenvalue weighted by atomic mass is 79.9. The molecule has 1 aromatic carbocycles. The molecule has 0 saturated heterocycles. The molecular formula is C14H20BrFO. The van der Waals surface area contributed by atoms with E-state index in [0.29, 0.717) is 16.5 Å². The fourth-order valence-electron chi connectivity index (χ4n) is 1.76. The van der Waals surface area contributed by atoms with E-state index in [4.69, 9.17) is 0 Å². The van der Waals surface area contributed by atoms with Gasteiger partial charge in [-0.2, -0.15) is 0 Å². The van der Waals surface area contributed by atoms with E-state index in [0.717, 1.165) is 12.8 Å². The lowest BCUT2D eigenvalue weighted by Crippen LogP contribution is -2.07. The molecule has 1 aromatic rings. The number of halogens is 2. The monoisotopic (exact) mass is 302 g/mol. The van der Waals surface area contributed by atoms with Crippen molar-refractivity contribution < 1.29 is 9.50 Å². The quantitative estimate of drug-likeness (QED) is 0.844. The Morgan fingerprint density at radius 1 is 1.35 bits per heavy atom. The van der Waals surface area contributed by atoms with Crippen LogP contribution in [0, 0.1) is 11.2 Å². The molecule has 96 valence electrons. The van der Waals surface area contributed by atoms with Gasteiger partial charge in [0.25, 0.3) is 0 Å². The van der Waals surface area contributed by atoms with Gasteiger partial charge in [0.05, 0.1) is 10.6 Å². The first-order chi connectivity index (χ1) is 7.81. The maximum absolute atomic E-state index is 13.7. The van der Waals surface area contributed by atoms with Crippen molar-refractivity contribution in [3.63, 3.8) is 0 Å². The first-order valence-corrected chi connectivity index (χ1v) is 6.72. The Labute approximate surface area is 111 Å². The van der Waals surface area contributed by atoms with E-state index in [9.17, 15) is 9.50 Å². The van der Waals surface area contributed by atoms with Crippen LogP contribution in [0.2, 0.25) is 0 Å². The lowest BCUT2D eigenvalue weighted by atomic mass is 9.88. The Kier molecular flexibility index (Phi) is 5.14. The Balaban J connectivity index is 2.58. The van der Waals surface area contributed by atoms with E-state index in [1.165, 1.54) is 0 Å². The second-order valence-corrected chi connectivity index (χ2v) is 6.47. The molecule has 0 aliphatic heterocycles. The molecule has 0 heterocycles. The molecule has 1 N–H and O–H groups in total. The lowest BCUT2D eigenvalue weighted by Gasteiger charge is -2.19.